The van der Waals surface area contributed by atoms with Crippen LogP contribution in [0.3, 0.4) is 0 Å². The summed E-state index contributed by atoms with van der Waals surface area (Å²) in [4.78, 5) is 17.6. The van der Waals surface area contributed by atoms with Crippen LogP contribution in [0.2, 0.25) is 0 Å². The molecule has 124 valence electrons. The molecule has 1 aromatic carbocycles. The van der Waals surface area contributed by atoms with Gasteiger partial charge in [-0.3, -0.25) is 4.90 Å². The maximum Gasteiger partial charge on any atom is 0.330 e. The number of aromatic nitrogens is 1. The van der Waals surface area contributed by atoms with Gasteiger partial charge in [0.2, 0.25) is 0 Å². The van der Waals surface area contributed by atoms with Gasteiger partial charge in [-0.15, -0.1) is 5.92 Å². The highest BCUT2D eigenvalue weighted by molar-refractivity contribution is 5.86. The summed E-state index contributed by atoms with van der Waals surface area (Å²) in [6.45, 7) is 5.43. The van der Waals surface area contributed by atoms with Crippen LogP contribution in [0.4, 0.5) is 0 Å². The minimum atomic E-state index is -0.322. The first kappa shape index (κ1) is 16.4. The van der Waals surface area contributed by atoms with Crippen LogP contribution in [0, 0.1) is 11.8 Å². The molecular formula is C20H22N2O2. The highest BCUT2D eigenvalue weighted by Crippen LogP contribution is 2.38. The van der Waals surface area contributed by atoms with E-state index in [1.165, 1.54) is 18.1 Å². The van der Waals surface area contributed by atoms with Gasteiger partial charge in [0.25, 0.3) is 0 Å². The first-order valence-electron chi connectivity index (χ1n) is 8.15. The monoisotopic (exact) mass is 322 g/mol. The zero-order valence-electron chi connectivity index (χ0n) is 14.3. The van der Waals surface area contributed by atoms with Gasteiger partial charge in [-0.05, 0) is 37.5 Å². The predicted octanol–water partition coefficient (Wildman–Crippen LogP) is 3.21. The fraction of sp³-hybridized carbons (Fsp3) is 0.350. The van der Waals surface area contributed by atoms with Crippen LogP contribution in [0.1, 0.15) is 31.1 Å². The number of rotatable bonds is 3. The highest BCUT2D eigenvalue weighted by Gasteiger charge is 2.31. The molecule has 1 atom stereocenters. The molecule has 2 heterocycles. The molecule has 1 aromatic heterocycles. The molecule has 0 saturated carbocycles. The Hall–Kier alpha value is -2.51. The van der Waals surface area contributed by atoms with E-state index in [0.29, 0.717) is 6.54 Å². The van der Waals surface area contributed by atoms with Gasteiger partial charge in [0, 0.05) is 29.2 Å². The lowest BCUT2D eigenvalue weighted by Crippen LogP contribution is -2.36. The van der Waals surface area contributed by atoms with E-state index in [0.717, 1.165) is 29.7 Å². The number of esters is 1. The van der Waals surface area contributed by atoms with Crippen LogP contribution in [-0.4, -0.2) is 36.1 Å². The quantitative estimate of drug-likeness (QED) is 0.536. The normalized spacial score (nSPS) is 18.0. The number of methoxy groups -OCH3 is 1. The lowest BCUT2D eigenvalue weighted by atomic mass is 9.92. The Bertz CT molecular complexity index is 851. The molecular weight excluding hydrogens is 300 g/mol. The first-order valence-corrected chi connectivity index (χ1v) is 8.15. The van der Waals surface area contributed by atoms with Gasteiger partial charge in [-0.2, -0.15) is 0 Å². The molecule has 1 N–H and O–H groups in total. The molecule has 0 fully saturated rings. The van der Waals surface area contributed by atoms with Crippen LogP contribution < -0.4 is 0 Å². The molecule has 0 unspecified atom stereocenters. The molecule has 24 heavy (non-hydrogen) atoms. The van der Waals surface area contributed by atoms with Crippen molar-refractivity contribution < 1.29 is 9.53 Å². The number of H-pyrrole nitrogens is 1. The van der Waals surface area contributed by atoms with Crippen molar-refractivity contribution >= 4 is 16.9 Å². The Balaban J connectivity index is 2.10. The first-order chi connectivity index (χ1) is 11.7. The van der Waals surface area contributed by atoms with Crippen molar-refractivity contribution in [2.24, 2.45) is 0 Å². The zero-order valence-corrected chi connectivity index (χ0v) is 14.3. The second-order valence-electron chi connectivity index (χ2n) is 6.02. The summed E-state index contributed by atoms with van der Waals surface area (Å²) in [6.07, 6.45) is 2.56. The van der Waals surface area contributed by atoms with Crippen molar-refractivity contribution in [3.63, 3.8) is 0 Å². The Morgan fingerprint density at radius 1 is 1.46 bits per heavy atom. The predicted molar refractivity (Wildman–Crippen MR) is 95.5 cm³/mol. The number of carbonyl (C=O) groups is 1. The third-order valence-electron chi connectivity index (χ3n) is 4.57. The molecule has 1 aliphatic heterocycles. The van der Waals surface area contributed by atoms with E-state index in [9.17, 15) is 4.79 Å². The van der Waals surface area contributed by atoms with Crippen molar-refractivity contribution in [3.8, 4) is 11.8 Å². The fourth-order valence-corrected chi connectivity index (χ4v) is 3.48. The lowest BCUT2D eigenvalue weighted by Gasteiger charge is -2.35. The Labute approximate surface area is 142 Å². The standard InChI is InChI=1S/C20H22N2O2/c1-4-5-11-22-12-10-16-15-8-6-7-9-17(15)21-19(16)20(22)14(2)13-18(23)24-3/h6-9,13,20-21H,10-12H2,1-3H3/b14-13-/t20-/m1/s1. The third-order valence-corrected chi connectivity index (χ3v) is 4.57. The molecule has 1 aliphatic rings. The molecule has 0 saturated heterocycles. The zero-order chi connectivity index (χ0) is 17.1. The average molecular weight is 322 g/mol. The molecule has 2 aromatic rings. The van der Waals surface area contributed by atoms with Gasteiger partial charge in [0.15, 0.2) is 0 Å². The number of nitrogens with zero attached hydrogens (tertiary/aromatic N) is 1. The Kier molecular flexibility index (Phi) is 4.73. The number of carbonyl (C=O) groups excluding carboxylic acids is 1. The van der Waals surface area contributed by atoms with Crippen LogP contribution in [0.15, 0.2) is 35.9 Å². The highest BCUT2D eigenvalue weighted by atomic mass is 16.5. The van der Waals surface area contributed by atoms with Gasteiger partial charge in [-0.25, -0.2) is 4.79 Å². The van der Waals surface area contributed by atoms with Crippen LogP contribution in [-0.2, 0) is 16.0 Å². The van der Waals surface area contributed by atoms with E-state index in [2.05, 4.69) is 39.9 Å². The largest absolute Gasteiger partial charge is 0.466 e. The summed E-state index contributed by atoms with van der Waals surface area (Å²) in [5.74, 6) is 5.80. The summed E-state index contributed by atoms with van der Waals surface area (Å²) >= 11 is 0. The second kappa shape index (κ2) is 6.94. The molecule has 4 nitrogen and oxygen atoms in total. The van der Waals surface area contributed by atoms with Gasteiger partial charge < -0.3 is 9.72 Å². The van der Waals surface area contributed by atoms with Crippen molar-refractivity contribution in [1.29, 1.82) is 0 Å². The number of ether oxygens (including phenoxy) is 1. The summed E-state index contributed by atoms with van der Waals surface area (Å²) < 4.78 is 4.80. The minimum Gasteiger partial charge on any atom is -0.466 e. The number of hydrogen-bond donors (Lipinski definition) is 1. The second-order valence-corrected chi connectivity index (χ2v) is 6.02. The van der Waals surface area contributed by atoms with Gasteiger partial charge in [0.05, 0.1) is 19.7 Å². The number of fused-ring (bicyclic) bond motifs is 3. The summed E-state index contributed by atoms with van der Waals surface area (Å²) in [7, 11) is 1.40. The molecule has 0 amide bonds. The van der Waals surface area contributed by atoms with E-state index in [-0.39, 0.29) is 12.0 Å². The van der Waals surface area contributed by atoms with Gasteiger partial charge in [-0.1, -0.05) is 24.1 Å². The molecule has 0 aliphatic carbocycles. The number of benzene rings is 1. The number of para-hydroxylation sites is 1. The maximum absolute atomic E-state index is 11.7. The third kappa shape index (κ3) is 2.95. The van der Waals surface area contributed by atoms with Crippen molar-refractivity contribution in [2.75, 3.05) is 20.2 Å². The maximum atomic E-state index is 11.7. The van der Waals surface area contributed by atoms with Crippen molar-refractivity contribution in [2.45, 2.75) is 26.3 Å². The van der Waals surface area contributed by atoms with E-state index < -0.39 is 0 Å². The van der Waals surface area contributed by atoms with Crippen LogP contribution >= 0.6 is 0 Å². The summed E-state index contributed by atoms with van der Waals surface area (Å²) in [6, 6.07) is 8.37. The van der Waals surface area contributed by atoms with E-state index >= 15 is 0 Å². The number of nitrogens with one attached hydrogen (secondary N) is 1. The molecule has 0 bridgehead atoms. The molecule has 3 rings (SSSR count). The molecule has 0 spiro atoms. The Morgan fingerprint density at radius 2 is 2.25 bits per heavy atom. The van der Waals surface area contributed by atoms with Crippen molar-refractivity contribution in [1.82, 2.24) is 9.88 Å². The van der Waals surface area contributed by atoms with Crippen LogP contribution in [0.5, 0.6) is 0 Å². The summed E-state index contributed by atoms with van der Waals surface area (Å²) in [5.41, 5.74) is 4.61. The topological polar surface area (TPSA) is 45.3 Å². The Morgan fingerprint density at radius 3 is 3.00 bits per heavy atom. The molecule has 4 heteroatoms. The van der Waals surface area contributed by atoms with E-state index in [1.807, 2.05) is 19.9 Å². The SMILES string of the molecule is CC#CCN1CCc2c([nH]c3ccccc23)[C@H]1/C(C)=C\C(=O)OC. The minimum absolute atomic E-state index is 0.0149. The van der Waals surface area contributed by atoms with E-state index in [1.54, 1.807) is 6.08 Å². The van der Waals surface area contributed by atoms with Gasteiger partial charge >= 0.3 is 5.97 Å². The van der Waals surface area contributed by atoms with Gasteiger partial charge in [0.1, 0.15) is 0 Å². The number of aromatic amines is 1. The number of hydrogen-bond acceptors (Lipinski definition) is 3. The smallest absolute Gasteiger partial charge is 0.330 e. The molecule has 0 radical (unpaired) electrons. The lowest BCUT2D eigenvalue weighted by molar-refractivity contribution is -0.134. The van der Waals surface area contributed by atoms with Crippen molar-refractivity contribution in [3.05, 3.63) is 47.2 Å². The average Bonchev–Trinajstić information content (AvgIpc) is 2.97. The van der Waals surface area contributed by atoms with E-state index in [4.69, 9.17) is 4.74 Å². The summed E-state index contributed by atoms with van der Waals surface area (Å²) in [5, 5.41) is 1.27. The fourth-order valence-electron chi connectivity index (χ4n) is 3.48. The van der Waals surface area contributed by atoms with Crippen LogP contribution in [0.25, 0.3) is 10.9 Å².